The van der Waals surface area contributed by atoms with Crippen LogP contribution in [0.5, 0.6) is 0 Å². The third kappa shape index (κ3) is 6.41. The summed E-state index contributed by atoms with van der Waals surface area (Å²) in [6.45, 7) is 3.40. The first-order valence-electron chi connectivity index (χ1n) is 10.6. The molecule has 5 N–H and O–H groups in total. The van der Waals surface area contributed by atoms with Crippen LogP contribution < -0.4 is 16.4 Å². The van der Waals surface area contributed by atoms with Gasteiger partial charge < -0.3 is 21.5 Å². The molecule has 0 unspecified atom stereocenters. The quantitative estimate of drug-likeness (QED) is 0.355. The Hall–Kier alpha value is -2.34. The van der Waals surface area contributed by atoms with Crippen molar-refractivity contribution < 1.29 is 23.1 Å². The summed E-state index contributed by atoms with van der Waals surface area (Å²) in [5.41, 5.74) is 7.97. The molecular weight excluding hydrogens is 548 g/mol. The molecule has 1 aliphatic rings. The Labute approximate surface area is 211 Å². The molecule has 2 aromatic rings. The second-order valence-corrected chi connectivity index (χ2v) is 11.6. The maximum atomic E-state index is 12.8. The molecule has 0 aromatic heterocycles. The molecule has 1 fully saturated rings. The lowest BCUT2D eigenvalue weighted by Gasteiger charge is -2.18. The third-order valence-corrected chi connectivity index (χ3v) is 8.44. The number of sulfone groups is 1. The van der Waals surface area contributed by atoms with Gasteiger partial charge in [-0.1, -0.05) is 34.5 Å². The fourth-order valence-electron chi connectivity index (χ4n) is 3.88. The zero-order chi connectivity index (χ0) is 25.0. The number of anilines is 1. The van der Waals surface area contributed by atoms with Crippen molar-refractivity contribution in [2.24, 2.45) is 0 Å². The Bertz CT molecular complexity index is 1210. The summed E-state index contributed by atoms with van der Waals surface area (Å²) < 4.78 is 25.5. The number of nitrogens with two attached hydrogens (primary N) is 1. The molecule has 2 aromatic carbocycles. The van der Waals surface area contributed by atoms with Gasteiger partial charge in [0.25, 0.3) is 5.91 Å². The van der Waals surface area contributed by atoms with E-state index in [2.05, 4.69) is 31.5 Å². The average Bonchev–Trinajstić information content (AvgIpc) is 3.20. The van der Waals surface area contributed by atoms with E-state index >= 15 is 0 Å². The number of benzene rings is 2. The van der Waals surface area contributed by atoms with Crippen molar-refractivity contribution in [3.05, 3.63) is 56.5 Å². The van der Waals surface area contributed by atoms with Crippen LogP contribution in [0.1, 0.15) is 34.8 Å². The van der Waals surface area contributed by atoms with Gasteiger partial charge in [0.15, 0.2) is 9.84 Å². The number of nitrogens with zero attached hydrogens (tertiary/aromatic N) is 1. The lowest BCUT2D eigenvalue weighted by molar-refractivity contribution is 0.0951. The Morgan fingerprint density at radius 3 is 2.68 bits per heavy atom. The van der Waals surface area contributed by atoms with Crippen molar-refractivity contribution in [2.45, 2.75) is 37.4 Å². The molecule has 1 aliphatic heterocycles. The predicted molar refractivity (Wildman–Crippen MR) is 134 cm³/mol. The maximum Gasteiger partial charge on any atom is 0.404 e. The molecule has 34 heavy (non-hydrogen) atoms. The number of carbonyl (C=O) groups is 2. The van der Waals surface area contributed by atoms with Gasteiger partial charge in [0.2, 0.25) is 0 Å². The van der Waals surface area contributed by atoms with Crippen molar-refractivity contribution in [1.82, 2.24) is 15.5 Å². The molecule has 0 radical (unpaired) electrons. The largest absolute Gasteiger partial charge is 0.465 e. The summed E-state index contributed by atoms with van der Waals surface area (Å²) in [5, 5.41) is 14.5. The summed E-state index contributed by atoms with van der Waals surface area (Å²) in [6.07, 6.45) is -0.316. The summed E-state index contributed by atoms with van der Waals surface area (Å²) in [7, 11) is -3.48. The van der Waals surface area contributed by atoms with Gasteiger partial charge in [-0.15, -0.1) is 0 Å². The SMILES string of the molecule is CCS(=O)(=O)c1ccc(Cl)cc1CNC(=O)c1cc(Br)c(CN2CC[C@@H](NC(=O)O)C2)cc1N. The van der Waals surface area contributed by atoms with E-state index in [1.54, 1.807) is 19.1 Å². The minimum absolute atomic E-state index is 0.0293. The zero-order valence-electron chi connectivity index (χ0n) is 18.5. The minimum atomic E-state index is -3.48. The van der Waals surface area contributed by atoms with Crippen LogP contribution in [0.3, 0.4) is 0 Å². The zero-order valence-corrected chi connectivity index (χ0v) is 21.6. The highest BCUT2D eigenvalue weighted by atomic mass is 79.9. The van der Waals surface area contributed by atoms with Crippen LogP contribution in [0.15, 0.2) is 39.7 Å². The molecule has 0 aliphatic carbocycles. The van der Waals surface area contributed by atoms with E-state index in [1.807, 2.05) is 0 Å². The van der Waals surface area contributed by atoms with E-state index < -0.39 is 21.8 Å². The molecule has 0 saturated carbocycles. The van der Waals surface area contributed by atoms with Gasteiger partial charge in [0, 0.05) is 47.4 Å². The van der Waals surface area contributed by atoms with Crippen molar-refractivity contribution in [1.29, 1.82) is 0 Å². The monoisotopic (exact) mass is 572 g/mol. The Morgan fingerprint density at radius 1 is 1.26 bits per heavy atom. The number of amides is 2. The van der Waals surface area contributed by atoms with Crippen LogP contribution in [0.2, 0.25) is 5.02 Å². The number of hydrogen-bond acceptors (Lipinski definition) is 6. The van der Waals surface area contributed by atoms with Crippen LogP contribution in [0, 0.1) is 0 Å². The van der Waals surface area contributed by atoms with E-state index in [0.29, 0.717) is 28.1 Å². The first-order chi connectivity index (χ1) is 16.0. The molecular formula is C22H26BrClN4O5S. The highest BCUT2D eigenvalue weighted by Gasteiger charge is 2.25. The first-order valence-corrected chi connectivity index (χ1v) is 13.4. The van der Waals surface area contributed by atoms with Gasteiger partial charge in [0.1, 0.15) is 0 Å². The van der Waals surface area contributed by atoms with E-state index in [0.717, 1.165) is 18.5 Å². The van der Waals surface area contributed by atoms with Crippen molar-refractivity contribution in [2.75, 3.05) is 24.6 Å². The molecule has 12 heteroatoms. The highest BCUT2D eigenvalue weighted by molar-refractivity contribution is 9.10. The Morgan fingerprint density at radius 2 is 2.00 bits per heavy atom. The number of likely N-dealkylation sites (tertiary alicyclic amines) is 1. The normalized spacial score (nSPS) is 16.4. The Balaban J connectivity index is 1.71. The van der Waals surface area contributed by atoms with E-state index in [4.69, 9.17) is 22.4 Å². The fraction of sp³-hybridized carbons (Fsp3) is 0.364. The molecule has 0 spiro atoms. The summed E-state index contributed by atoms with van der Waals surface area (Å²) in [6, 6.07) is 7.69. The van der Waals surface area contributed by atoms with Crippen LogP contribution in [-0.2, 0) is 22.9 Å². The van der Waals surface area contributed by atoms with E-state index in [9.17, 15) is 18.0 Å². The lowest BCUT2D eigenvalue weighted by atomic mass is 10.1. The van der Waals surface area contributed by atoms with Gasteiger partial charge in [-0.3, -0.25) is 9.69 Å². The number of nitrogens with one attached hydrogen (secondary N) is 2. The number of carbonyl (C=O) groups excluding carboxylic acids is 1. The molecule has 3 rings (SSSR count). The lowest BCUT2D eigenvalue weighted by Crippen LogP contribution is -2.35. The molecule has 1 atom stereocenters. The third-order valence-electron chi connectivity index (χ3n) is 5.63. The van der Waals surface area contributed by atoms with Crippen LogP contribution in [0.4, 0.5) is 10.5 Å². The number of carboxylic acid groups (broad SMARTS) is 1. The average molecular weight is 574 g/mol. The molecule has 0 bridgehead atoms. The van der Waals surface area contributed by atoms with Gasteiger partial charge in [-0.05, 0) is 47.9 Å². The topological polar surface area (TPSA) is 142 Å². The van der Waals surface area contributed by atoms with Gasteiger partial charge in [-0.25, -0.2) is 13.2 Å². The Kier molecular flexibility index (Phi) is 8.45. The van der Waals surface area contributed by atoms with Crippen molar-refractivity contribution in [3.8, 4) is 0 Å². The number of hydrogen-bond donors (Lipinski definition) is 4. The minimum Gasteiger partial charge on any atom is -0.465 e. The molecule has 1 heterocycles. The van der Waals surface area contributed by atoms with Gasteiger partial charge in [0.05, 0.1) is 16.2 Å². The first kappa shape index (κ1) is 26.3. The smallest absolute Gasteiger partial charge is 0.404 e. The van der Waals surface area contributed by atoms with Crippen molar-refractivity contribution in [3.63, 3.8) is 0 Å². The van der Waals surface area contributed by atoms with Crippen LogP contribution in [-0.4, -0.2) is 55.3 Å². The van der Waals surface area contributed by atoms with Gasteiger partial charge in [-0.2, -0.15) is 0 Å². The summed E-state index contributed by atoms with van der Waals surface area (Å²) in [5.74, 6) is -0.516. The second kappa shape index (κ2) is 10.9. The maximum absolute atomic E-state index is 12.8. The van der Waals surface area contributed by atoms with Crippen LogP contribution in [0.25, 0.3) is 0 Å². The standard InChI is InChI=1S/C22H26BrClN4O5S/c1-2-34(32,33)20-4-3-15(24)7-13(20)10-26-21(29)17-9-18(23)14(8-19(17)25)11-28-6-5-16(12-28)27-22(30)31/h3-4,7-9,16,27H,2,5-6,10-12,25H2,1H3,(H,26,29)(H,30,31)/t16-/m1/s1. The van der Waals surface area contributed by atoms with E-state index in [-0.39, 0.29) is 34.5 Å². The van der Waals surface area contributed by atoms with Gasteiger partial charge >= 0.3 is 6.09 Å². The molecule has 2 amide bonds. The molecule has 1 saturated heterocycles. The number of rotatable bonds is 8. The van der Waals surface area contributed by atoms with Crippen LogP contribution >= 0.6 is 27.5 Å². The number of nitrogen functional groups attached to an aromatic ring is 1. The van der Waals surface area contributed by atoms with Crippen molar-refractivity contribution >= 4 is 55.1 Å². The fourth-order valence-corrected chi connectivity index (χ4v) is 5.66. The summed E-state index contributed by atoms with van der Waals surface area (Å²) >= 11 is 9.53. The summed E-state index contributed by atoms with van der Waals surface area (Å²) in [4.78, 5) is 25.9. The molecule has 184 valence electrons. The van der Waals surface area contributed by atoms with E-state index in [1.165, 1.54) is 18.2 Å². The highest BCUT2D eigenvalue weighted by Crippen LogP contribution is 2.27. The second-order valence-electron chi connectivity index (χ2n) is 8.04. The predicted octanol–water partition coefficient (Wildman–Crippen LogP) is 3.25. The number of halogens is 2. The molecule has 9 nitrogen and oxygen atoms in total.